The van der Waals surface area contributed by atoms with E-state index < -0.39 is 0 Å². The molecular weight excluding hydrogens is 374 g/mol. The molecule has 0 saturated heterocycles. The van der Waals surface area contributed by atoms with Crippen molar-refractivity contribution in [1.82, 2.24) is 4.98 Å². The minimum atomic E-state index is 0.751. The monoisotopic (exact) mass is 387 g/mol. The average Bonchev–Trinajstić information content (AvgIpc) is 3.15. The third-order valence-corrected chi connectivity index (χ3v) is 4.15. The Labute approximate surface area is 166 Å². The molecule has 3 rings (SSSR count). The van der Waals surface area contributed by atoms with E-state index in [9.17, 15) is 0 Å². The molecule has 0 amide bonds. The molecule has 1 aromatic heterocycles. The van der Waals surface area contributed by atoms with E-state index in [0.717, 1.165) is 45.1 Å². The lowest BCUT2D eigenvalue weighted by Crippen LogP contribution is -1.84. The van der Waals surface area contributed by atoms with Crippen LogP contribution in [0.3, 0.4) is 0 Å². The number of isothiocyanates is 1. The molecule has 0 fully saturated rings. The van der Waals surface area contributed by atoms with Gasteiger partial charge in [0.25, 0.3) is 0 Å². The summed E-state index contributed by atoms with van der Waals surface area (Å²) < 4.78 is 0. The van der Waals surface area contributed by atoms with Gasteiger partial charge in [0.1, 0.15) is 5.40 Å². The van der Waals surface area contributed by atoms with E-state index in [1.54, 1.807) is 12.4 Å². The summed E-state index contributed by atoms with van der Waals surface area (Å²) in [6.07, 6.45) is 3.50. The van der Waals surface area contributed by atoms with Crippen LogP contribution in [0.5, 0.6) is 0 Å². The predicted molar refractivity (Wildman–Crippen MR) is 114 cm³/mol. The zero-order valence-corrected chi connectivity index (χ0v) is 15.7. The molecule has 3 aromatic rings. The van der Waals surface area contributed by atoms with Gasteiger partial charge in [-0.05, 0) is 84.6 Å². The molecule has 2 aromatic carbocycles. The zero-order valence-electron chi connectivity index (χ0n) is 14.0. The first-order valence-corrected chi connectivity index (χ1v) is 9.10. The van der Waals surface area contributed by atoms with Gasteiger partial charge >= 0.3 is 0 Å². The maximum atomic E-state index is 8.65. The van der Waals surface area contributed by atoms with Crippen LogP contribution in [0, 0.1) is 10.7 Å². The number of aromatic amines is 1. The van der Waals surface area contributed by atoms with Crippen molar-refractivity contribution in [2.45, 2.75) is 4.90 Å². The number of thiocarbonyl (C=S) groups is 1. The van der Waals surface area contributed by atoms with E-state index in [-0.39, 0.29) is 0 Å². The molecule has 5 nitrogen and oxygen atoms in total. The fourth-order valence-electron chi connectivity index (χ4n) is 2.19. The van der Waals surface area contributed by atoms with Crippen LogP contribution < -0.4 is 0 Å². The van der Waals surface area contributed by atoms with Crippen molar-refractivity contribution in [3.63, 3.8) is 0 Å². The maximum absolute atomic E-state index is 8.65. The van der Waals surface area contributed by atoms with Crippen molar-refractivity contribution in [3.05, 3.63) is 72.1 Å². The molecule has 0 spiro atoms. The summed E-state index contributed by atoms with van der Waals surface area (Å²) in [5.74, 6) is 0. The topological polar surface area (TPSA) is 76.7 Å². The lowest BCUT2D eigenvalue weighted by molar-refractivity contribution is 1.34. The van der Waals surface area contributed by atoms with Gasteiger partial charge in [0, 0.05) is 4.90 Å². The number of nitriles is 1. The molecule has 7 heteroatoms. The average molecular weight is 387 g/mol. The highest BCUT2D eigenvalue weighted by molar-refractivity contribution is 8.03. The second kappa shape index (κ2) is 9.41. The van der Waals surface area contributed by atoms with Crippen LogP contribution in [0.2, 0.25) is 0 Å². The second-order valence-corrected chi connectivity index (χ2v) is 6.33. The highest BCUT2D eigenvalue weighted by Crippen LogP contribution is 2.21. The zero-order chi connectivity index (χ0) is 18.9. The van der Waals surface area contributed by atoms with E-state index in [1.165, 1.54) is 0 Å². The lowest BCUT2D eigenvalue weighted by Gasteiger charge is -1.95. The van der Waals surface area contributed by atoms with E-state index >= 15 is 0 Å². The molecule has 0 unspecified atom stereocenters. The maximum Gasteiger partial charge on any atom is 0.138 e. The lowest BCUT2D eigenvalue weighted by atomic mass is 10.3. The number of nitrogens with zero attached hydrogens (tertiary/aromatic N) is 4. The van der Waals surface area contributed by atoms with Crippen LogP contribution in [0.15, 0.2) is 80.5 Å². The van der Waals surface area contributed by atoms with E-state index in [0.29, 0.717) is 0 Å². The molecule has 0 aliphatic carbocycles. The van der Waals surface area contributed by atoms with Crippen molar-refractivity contribution in [3.8, 4) is 5.40 Å². The van der Waals surface area contributed by atoms with Crippen LogP contribution in [0.4, 0.5) is 17.1 Å². The highest BCUT2D eigenvalue weighted by Gasteiger charge is 1.96. The largest absolute Gasteiger partial charge is 0.353 e. The minimum absolute atomic E-state index is 0.751. The molecule has 0 atom stereocenters. The van der Waals surface area contributed by atoms with Crippen molar-refractivity contribution in [1.29, 1.82) is 5.26 Å². The molecule has 0 aliphatic heterocycles. The minimum Gasteiger partial charge on any atom is -0.353 e. The molecule has 1 N–H and O–H groups in total. The molecule has 0 radical (unpaired) electrons. The molecule has 1 heterocycles. The van der Waals surface area contributed by atoms with Gasteiger partial charge in [-0.1, -0.05) is 0 Å². The number of hydrogen-bond acceptors (Lipinski definition) is 6. The molecule has 27 heavy (non-hydrogen) atoms. The number of benzene rings is 2. The number of thioether (sulfide) groups is 1. The number of nitrogens with one attached hydrogen (secondary N) is 1. The quantitative estimate of drug-likeness (QED) is 0.250. The Kier molecular flexibility index (Phi) is 6.45. The van der Waals surface area contributed by atoms with Gasteiger partial charge in [-0.25, -0.2) is 0 Å². The number of aromatic nitrogens is 1. The van der Waals surface area contributed by atoms with Crippen molar-refractivity contribution in [2.24, 2.45) is 15.0 Å². The van der Waals surface area contributed by atoms with Gasteiger partial charge in [-0.3, -0.25) is 9.98 Å². The van der Waals surface area contributed by atoms with Crippen LogP contribution in [0.25, 0.3) is 0 Å². The fourth-order valence-corrected chi connectivity index (χ4v) is 2.67. The summed E-state index contributed by atoms with van der Waals surface area (Å²) in [4.78, 5) is 16.9. The third kappa shape index (κ3) is 5.59. The van der Waals surface area contributed by atoms with Gasteiger partial charge in [0.2, 0.25) is 0 Å². The Hall–Kier alpha value is -3.30. The summed E-state index contributed by atoms with van der Waals surface area (Å²) in [6.45, 7) is 0. The van der Waals surface area contributed by atoms with E-state index in [2.05, 4.69) is 37.3 Å². The predicted octanol–water partition coefficient (Wildman–Crippen LogP) is 5.82. The van der Waals surface area contributed by atoms with Crippen LogP contribution in [-0.4, -0.2) is 22.6 Å². The first kappa shape index (κ1) is 18.5. The summed E-state index contributed by atoms with van der Waals surface area (Å²) in [5, 5.41) is 13.0. The van der Waals surface area contributed by atoms with Crippen molar-refractivity contribution < 1.29 is 0 Å². The van der Waals surface area contributed by atoms with Gasteiger partial charge < -0.3 is 4.98 Å². The number of thiocyanates is 1. The molecule has 0 saturated carbocycles. The summed E-state index contributed by atoms with van der Waals surface area (Å²) in [6, 6.07) is 18.7. The fraction of sp³-hybridized carbons (Fsp3) is 0. The van der Waals surface area contributed by atoms with Gasteiger partial charge in [-0.2, -0.15) is 10.3 Å². The SMILES string of the molecule is N#CSc1ccc(N=Cc2ccc(C=Nc3ccc(N=C=S)cc3)[nH]2)cc1. The Morgan fingerprint density at radius 1 is 0.815 bits per heavy atom. The van der Waals surface area contributed by atoms with Crippen LogP contribution >= 0.6 is 24.0 Å². The number of hydrogen-bond donors (Lipinski definition) is 1. The normalized spacial score (nSPS) is 10.8. The summed E-state index contributed by atoms with van der Waals surface area (Å²) in [5.41, 5.74) is 4.14. The smallest absolute Gasteiger partial charge is 0.138 e. The highest BCUT2D eigenvalue weighted by atomic mass is 32.2. The first-order chi connectivity index (χ1) is 13.3. The molecule has 0 aliphatic rings. The number of aliphatic imine (C=N–C) groups is 3. The Balaban J connectivity index is 1.63. The number of rotatable bonds is 6. The van der Waals surface area contributed by atoms with Crippen molar-refractivity contribution >= 4 is 58.6 Å². The number of H-pyrrole nitrogens is 1. The van der Waals surface area contributed by atoms with E-state index in [1.807, 2.05) is 66.1 Å². The van der Waals surface area contributed by atoms with Gasteiger partial charge in [-0.15, -0.1) is 0 Å². The van der Waals surface area contributed by atoms with Crippen LogP contribution in [0.1, 0.15) is 11.4 Å². The Bertz CT molecular complexity index is 1050. The van der Waals surface area contributed by atoms with Crippen molar-refractivity contribution in [2.75, 3.05) is 0 Å². The molecular formula is C20H13N5S2. The summed E-state index contributed by atoms with van der Waals surface area (Å²) in [7, 11) is 0. The molecule has 130 valence electrons. The summed E-state index contributed by atoms with van der Waals surface area (Å²) >= 11 is 5.71. The Morgan fingerprint density at radius 2 is 1.33 bits per heavy atom. The van der Waals surface area contributed by atoms with Crippen LogP contribution in [-0.2, 0) is 0 Å². The third-order valence-electron chi connectivity index (χ3n) is 3.46. The first-order valence-electron chi connectivity index (χ1n) is 7.88. The van der Waals surface area contributed by atoms with Gasteiger partial charge in [0.05, 0.1) is 46.0 Å². The standard InChI is InChI=1S/C20H13N5S2/c21-13-27-20-9-7-16(8-10-20)23-12-19-6-5-18(25-19)11-22-15-1-3-17(4-2-15)24-14-26/h1-12,25H. The Morgan fingerprint density at radius 3 is 1.85 bits per heavy atom. The van der Waals surface area contributed by atoms with Gasteiger partial charge in [0.15, 0.2) is 0 Å². The second-order valence-electron chi connectivity index (χ2n) is 5.29. The van der Waals surface area contributed by atoms with E-state index in [4.69, 9.17) is 5.26 Å². The molecule has 0 bridgehead atoms.